The first-order valence-electron chi connectivity index (χ1n) is 8.14. The maximum atomic E-state index is 11.0. The fourth-order valence-electron chi connectivity index (χ4n) is 2.57. The molecule has 3 rings (SSSR count). The number of aromatic nitrogens is 3. The van der Waals surface area contributed by atoms with Crippen LogP contribution in [0.4, 0.5) is 5.69 Å². The molecule has 0 bridgehead atoms. The number of allylic oxidation sites excluding steroid dienone is 1. The Morgan fingerprint density at radius 2 is 1.96 bits per heavy atom. The maximum Gasteiger partial charge on any atom is 0.270 e. The third-order valence-electron chi connectivity index (χ3n) is 3.81. The Kier molecular flexibility index (Phi) is 5.80. The summed E-state index contributed by atoms with van der Waals surface area (Å²) in [5, 5.41) is 20.3. The zero-order valence-corrected chi connectivity index (χ0v) is 14.9. The van der Waals surface area contributed by atoms with Crippen LogP contribution in [0.5, 0.6) is 0 Å². The summed E-state index contributed by atoms with van der Waals surface area (Å²) >= 11 is 1.62. The molecule has 26 heavy (non-hydrogen) atoms. The van der Waals surface area contributed by atoms with Crippen LogP contribution in [-0.4, -0.2) is 25.4 Å². The lowest BCUT2D eigenvalue weighted by Gasteiger charge is -2.08. The van der Waals surface area contributed by atoms with Gasteiger partial charge in [0.15, 0.2) is 11.0 Å². The van der Waals surface area contributed by atoms with Crippen molar-refractivity contribution >= 4 is 17.4 Å². The number of hydrogen-bond donors (Lipinski definition) is 0. The topological polar surface area (TPSA) is 73.8 Å². The summed E-state index contributed by atoms with van der Waals surface area (Å²) in [7, 11) is 0. The second-order valence-corrected chi connectivity index (χ2v) is 6.66. The summed E-state index contributed by atoms with van der Waals surface area (Å²) in [5.41, 5.74) is 1.98. The van der Waals surface area contributed by atoms with Gasteiger partial charge < -0.3 is 0 Å². The van der Waals surface area contributed by atoms with E-state index in [4.69, 9.17) is 0 Å². The standard InChI is InChI=1S/C19H18N4O2S/c1-2-12-22-18(16-9-6-10-17(14-16)23(24)25)20-21-19(22)26-13-11-15-7-4-3-5-8-15/h2-10,14H,1,11-13H2. The van der Waals surface area contributed by atoms with Crippen LogP contribution in [0.25, 0.3) is 11.4 Å². The first kappa shape index (κ1) is 17.9. The van der Waals surface area contributed by atoms with E-state index < -0.39 is 4.92 Å². The zero-order valence-electron chi connectivity index (χ0n) is 14.1. The van der Waals surface area contributed by atoms with E-state index in [-0.39, 0.29) is 5.69 Å². The Morgan fingerprint density at radius 1 is 1.15 bits per heavy atom. The van der Waals surface area contributed by atoms with Gasteiger partial charge in [0.25, 0.3) is 5.69 Å². The van der Waals surface area contributed by atoms with E-state index in [2.05, 4.69) is 28.9 Å². The highest BCUT2D eigenvalue weighted by atomic mass is 32.2. The summed E-state index contributed by atoms with van der Waals surface area (Å²) in [5.74, 6) is 1.48. The van der Waals surface area contributed by atoms with E-state index in [1.807, 2.05) is 22.8 Å². The van der Waals surface area contributed by atoms with Crippen molar-refractivity contribution in [3.8, 4) is 11.4 Å². The van der Waals surface area contributed by atoms with Gasteiger partial charge in [0, 0.05) is 30.0 Å². The highest BCUT2D eigenvalue weighted by molar-refractivity contribution is 7.99. The molecule has 0 saturated carbocycles. The molecular weight excluding hydrogens is 348 g/mol. The minimum Gasteiger partial charge on any atom is -0.298 e. The highest BCUT2D eigenvalue weighted by Gasteiger charge is 2.16. The van der Waals surface area contributed by atoms with E-state index in [1.165, 1.54) is 17.7 Å². The van der Waals surface area contributed by atoms with Gasteiger partial charge >= 0.3 is 0 Å². The van der Waals surface area contributed by atoms with Crippen LogP contribution in [0.15, 0.2) is 72.4 Å². The van der Waals surface area contributed by atoms with Crippen LogP contribution in [0, 0.1) is 10.1 Å². The fraction of sp³-hybridized carbons (Fsp3) is 0.158. The normalized spacial score (nSPS) is 10.6. The predicted octanol–water partition coefficient (Wildman–Crippen LogP) is 4.37. The molecule has 6 nitrogen and oxygen atoms in total. The summed E-state index contributed by atoms with van der Waals surface area (Å²) in [6.07, 6.45) is 2.70. The van der Waals surface area contributed by atoms with E-state index in [0.717, 1.165) is 17.3 Å². The average molecular weight is 366 g/mol. The van der Waals surface area contributed by atoms with Gasteiger partial charge in [-0.1, -0.05) is 60.3 Å². The summed E-state index contributed by atoms with van der Waals surface area (Å²) in [6, 6.07) is 16.7. The summed E-state index contributed by atoms with van der Waals surface area (Å²) < 4.78 is 1.93. The molecule has 0 unspecified atom stereocenters. The number of rotatable bonds is 8. The molecule has 0 saturated heterocycles. The second-order valence-electron chi connectivity index (χ2n) is 5.60. The molecule has 0 aliphatic rings. The largest absolute Gasteiger partial charge is 0.298 e. The SMILES string of the molecule is C=CCn1c(SCCc2ccccc2)nnc1-c1cccc([N+](=O)[O-])c1. The molecule has 0 fully saturated rings. The summed E-state index contributed by atoms with van der Waals surface area (Å²) in [4.78, 5) is 10.6. The Bertz CT molecular complexity index is 909. The van der Waals surface area contributed by atoms with Crippen molar-refractivity contribution in [3.63, 3.8) is 0 Å². The quantitative estimate of drug-likeness (QED) is 0.256. The molecule has 7 heteroatoms. The second kappa shape index (κ2) is 8.44. The van der Waals surface area contributed by atoms with Crippen molar-refractivity contribution in [2.75, 3.05) is 5.75 Å². The van der Waals surface area contributed by atoms with Crippen LogP contribution in [0.1, 0.15) is 5.56 Å². The molecule has 0 aliphatic carbocycles. The molecule has 2 aromatic carbocycles. The van der Waals surface area contributed by atoms with Crippen molar-refractivity contribution in [2.24, 2.45) is 0 Å². The smallest absolute Gasteiger partial charge is 0.270 e. The van der Waals surface area contributed by atoms with Crippen LogP contribution in [-0.2, 0) is 13.0 Å². The zero-order chi connectivity index (χ0) is 18.4. The highest BCUT2D eigenvalue weighted by Crippen LogP contribution is 2.27. The van der Waals surface area contributed by atoms with Crippen molar-refractivity contribution in [2.45, 2.75) is 18.1 Å². The molecule has 0 spiro atoms. The van der Waals surface area contributed by atoms with Gasteiger partial charge in [0.1, 0.15) is 0 Å². The number of benzene rings is 2. The lowest BCUT2D eigenvalue weighted by molar-refractivity contribution is -0.384. The predicted molar refractivity (Wildman–Crippen MR) is 103 cm³/mol. The lowest BCUT2D eigenvalue weighted by Crippen LogP contribution is -2.01. The lowest BCUT2D eigenvalue weighted by atomic mass is 10.2. The van der Waals surface area contributed by atoms with Gasteiger partial charge in [0.2, 0.25) is 0 Å². The Labute approximate surface area is 155 Å². The van der Waals surface area contributed by atoms with Crippen molar-refractivity contribution < 1.29 is 4.92 Å². The number of nitrogens with zero attached hydrogens (tertiary/aromatic N) is 4. The molecule has 1 aromatic heterocycles. The van der Waals surface area contributed by atoms with Gasteiger partial charge in [0.05, 0.1) is 4.92 Å². The Balaban J connectivity index is 1.80. The first-order chi connectivity index (χ1) is 12.7. The molecule has 0 atom stereocenters. The van der Waals surface area contributed by atoms with Crippen LogP contribution >= 0.6 is 11.8 Å². The van der Waals surface area contributed by atoms with Crippen LogP contribution < -0.4 is 0 Å². The third-order valence-corrected chi connectivity index (χ3v) is 4.78. The van der Waals surface area contributed by atoms with Gasteiger partial charge in [-0.2, -0.15) is 0 Å². The van der Waals surface area contributed by atoms with Crippen molar-refractivity contribution in [3.05, 3.63) is 82.9 Å². The molecule has 0 N–H and O–H groups in total. The van der Waals surface area contributed by atoms with E-state index in [1.54, 1.807) is 30.0 Å². The number of nitro benzene ring substituents is 1. The molecule has 0 amide bonds. The first-order valence-corrected chi connectivity index (χ1v) is 9.13. The molecule has 3 aromatic rings. The number of nitro groups is 1. The summed E-state index contributed by atoms with van der Waals surface area (Å²) in [6.45, 7) is 4.33. The fourth-order valence-corrected chi connectivity index (χ4v) is 3.50. The third kappa shape index (κ3) is 4.18. The molecule has 1 heterocycles. The molecule has 132 valence electrons. The van der Waals surface area contributed by atoms with Gasteiger partial charge in [-0.15, -0.1) is 16.8 Å². The van der Waals surface area contributed by atoms with Gasteiger partial charge in [-0.3, -0.25) is 14.7 Å². The van der Waals surface area contributed by atoms with Gasteiger partial charge in [-0.25, -0.2) is 0 Å². The average Bonchev–Trinajstić information content (AvgIpc) is 3.06. The molecular formula is C19H18N4O2S. The van der Waals surface area contributed by atoms with Crippen LogP contribution in [0.2, 0.25) is 0 Å². The molecule has 0 aliphatic heterocycles. The monoisotopic (exact) mass is 366 g/mol. The Morgan fingerprint density at radius 3 is 2.69 bits per heavy atom. The molecule has 0 radical (unpaired) electrons. The Hall–Kier alpha value is -2.93. The number of aryl methyl sites for hydroxylation is 1. The van der Waals surface area contributed by atoms with E-state index in [9.17, 15) is 10.1 Å². The number of non-ortho nitro benzene ring substituents is 1. The van der Waals surface area contributed by atoms with E-state index >= 15 is 0 Å². The van der Waals surface area contributed by atoms with Crippen molar-refractivity contribution in [1.82, 2.24) is 14.8 Å². The maximum absolute atomic E-state index is 11.0. The van der Waals surface area contributed by atoms with E-state index in [0.29, 0.717) is 17.9 Å². The van der Waals surface area contributed by atoms with Gasteiger partial charge in [-0.05, 0) is 12.0 Å². The minimum absolute atomic E-state index is 0.0360. The number of thioether (sulfide) groups is 1. The van der Waals surface area contributed by atoms with Crippen molar-refractivity contribution in [1.29, 1.82) is 0 Å². The minimum atomic E-state index is -0.409. The number of hydrogen-bond acceptors (Lipinski definition) is 5. The van der Waals surface area contributed by atoms with Crippen LogP contribution in [0.3, 0.4) is 0 Å².